The van der Waals surface area contributed by atoms with Crippen LogP contribution in [-0.4, -0.2) is 5.91 Å². The lowest BCUT2D eigenvalue weighted by molar-refractivity contribution is -0.112. The molecule has 124 valence electrons. The Morgan fingerprint density at radius 1 is 0.960 bits per heavy atom. The number of anilines is 1. The second-order valence-corrected chi connectivity index (χ2v) is 5.90. The molecule has 1 amide bonds. The van der Waals surface area contributed by atoms with E-state index < -0.39 is 0 Å². The largest absolute Gasteiger partial charge is 0.320 e. The molecule has 3 aromatic rings. The van der Waals surface area contributed by atoms with Gasteiger partial charge in [0.1, 0.15) is 5.69 Å². The second kappa shape index (κ2) is 7.09. The lowest BCUT2D eigenvalue weighted by Crippen LogP contribution is -2.11. The number of amides is 1. The van der Waals surface area contributed by atoms with Crippen molar-refractivity contribution < 1.29 is 4.79 Å². The summed E-state index contributed by atoms with van der Waals surface area (Å²) in [5.74, 6) is -0.234. The molecule has 0 aromatic heterocycles. The highest BCUT2D eigenvalue weighted by Crippen LogP contribution is 2.35. The number of nitrogens with zero attached hydrogens (tertiary/aromatic N) is 2. The molecule has 0 atom stereocenters. The van der Waals surface area contributed by atoms with E-state index in [1.165, 1.54) is 0 Å². The lowest BCUT2D eigenvalue weighted by Gasteiger charge is -2.10. The van der Waals surface area contributed by atoms with Crippen LogP contribution in [0.4, 0.5) is 17.1 Å². The number of carbonyl (C=O) groups is 1. The average molecular weight is 329 g/mol. The van der Waals surface area contributed by atoms with Gasteiger partial charge in [-0.1, -0.05) is 55.1 Å². The van der Waals surface area contributed by atoms with Crippen molar-refractivity contribution >= 4 is 33.7 Å². The first-order valence-corrected chi connectivity index (χ1v) is 8.02. The number of fused-ring (bicyclic) bond motifs is 1. The van der Waals surface area contributed by atoms with Crippen LogP contribution in [0.15, 0.2) is 83.0 Å². The van der Waals surface area contributed by atoms with Gasteiger partial charge in [-0.15, -0.1) is 5.11 Å². The molecule has 1 N–H and O–H groups in total. The van der Waals surface area contributed by atoms with Crippen LogP contribution in [0, 0.1) is 6.92 Å². The number of nitrogens with one attached hydrogen (secondary N) is 1. The third kappa shape index (κ3) is 3.63. The van der Waals surface area contributed by atoms with Crippen LogP contribution in [0.25, 0.3) is 10.8 Å². The van der Waals surface area contributed by atoms with Crippen molar-refractivity contribution in [2.75, 3.05) is 5.32 Å². The Morgan fingerprint density at radius 3 is 2.44 bits per heavy atom. The van der Waals surface area contributed by atoms with Gasteiger partial charge in [-0.25, -0.2) is 0 Å². The van der Waals surface area contributed by atoms with Gasteiger partial charge in [0, 0.05) is 11.0 Å². The number of benzene rings is 3. The highest BCUT2D eigenvalue weighted by atomic mass is 16.1. The minimum Gasteiger partial charge on any atom is -0.320 e. The van der Waals surface area contributed by atoms with Crippen LogP contribution < -0.4 is 5.32 Å². The number of hydrogen-bond acceptors (Lipinski definition) is 3. The molecule has 0 spiro atoms. The quantitative estimate of drug-likeness (QED) is 0.458. The standard InChI is InChI=1S/C21H19N3O/c1-14(2)21(25)22-19-13-12-16-9-5-6-10-17(16)20(19)24-23-18-11-7-4-8-15(18)3/h4-13H,1H2,2-3H3,(H,22,25). The maximum absolute atomic E-state index is 12.0. The minimum atomic E-state index is -0.234. The van der Waals surface area contributed by atoms with Crippen molar-refractivity contribution in [2.24, 2.45) is 10.2 Å². The van der Waals surface area contributed by atoms with Gasteiger partial charge >= 0.3 is 0 Å². The summed E-state index contributed by atoms with van der Waals surface area (Å²) in [5.41, 5.74) is 3.53. The monoisotopic (exact) mass is 329 g/mol. The van der Waals surface area contributed by atoms with Crippen LogP contribution in [0.3, 0.4) is 0 Å². The van der Waals surface area contributed by atoms with E-state index in [1.807, 2.05) is 67.6 Å². The van der Waals surface area contributed by atoms with Gasteiger partial charge in [0.15, 0.2) is 0 Å². The number of rotatable bonds is 4. The molecule has 25 heavy (non-hydrogen) atoms. The van der Waals surface area contributed by atoms with Crippen molar-refractivity contribution in [3.8, 4) is 0 Å². The fraction of sp³-hybridized carbons (Fsp3) is 0.0952. The molecule has 0 saturated heterocycles. The summed E-state index contributed by atoms with van der Waals surface area (Å²) in [5, 5.41) is 13.7. The maximum atomic E-state index is 12.0. The van der Waals surface area contributed by atoms with Crippen molar-refractivity contribution in [2.45, 2.75) is 13.8 Å². The summed E-state index contributed by atoms with van der Waals surface area (Å²) in [4.78, 5) is 12.0. The van der Waals surface area contributed by atoms with Gasteiger partial charge in [-0.2, -0.15) is 5.11 Å². The smallest absolute Gasteiger partial charge is 0.250 e. The first-order valence-electron chi connectivity index (χ1n) is 8.02. The molecule has 0 bridgehead atoms. The van der Waals surface area contributed by atoms with Gasteiger partial charge in [0.2, 0.25) is 0 Å². The molecule has 4 heteroatoms. The Balaban J connectivity index is 2.11. The van der Waals surface area contributed by atoms with Crippen LogP contribution in [0.2, 0.25) is 0 Å². The Hall–Kier alpha value is -3.27. The molecule has 0 fully saturated rings. The SMILES string of the molecule is C=C(C)C(=O)Nc1ccc2ccccc2c1N=Nc1ccccc1C. The Labute approximate surface area is 146 Å². The molecule has 3 aromatic carbocycles. The van der Waals surface area contributed by atoms with Crippen molar-refractivity contribution in [3.63, 3.8) is 0 Å². The molecule has 0 aliphatic heterocycles. The zero-order valence-electron chi connectivity index (χ0n) is 14.3. The van der Waals surface area contributed by atoms with E-state index in [0.29, 0.717) is 16.9 Å². The lowest BCUT2D eigenvalue weighted by atomic mass is 10.1. The molecular weight excluding hydrogens is 310 g/mol. The zero-order chi connectivity index (χ0) is 17.8. The summed E-state index contributed by atoms with van der Waals surface area (Å²) < 4.78 is 0. The fourth-order valence-corrected chi connectivity index (χ4v) is 2.47. The van der Waals surface area contributed by atoms with Gasteiger partial charge in [-0.05, 0) is 36.9 Å². The average Bonchev–Trinajstić information content (AvgIpc) is 2.61. The Bertz CT molecular complexity index is 989. The zero-order valence-corrected chi connectivity index (χ0v) is 14.3. The summed E-state index contributed by atoms with van der Waals surface area (Å²) in [6.07, 6.45) is 0. The normalized spacial score (nSPS) is 11.0. The van der Waals surface area contributed by atoms with Gasteiger partial charge in [-0.3, -0.25) is 4.79 Å². The molecule has 0 saturated carbocycles. The number of carbonyl (C=O) groups excluding carboxylic acids is 1. The molecule has 0 unspecified atom stereocenters. The molecular formula is C21H19N3O. The summed E-state index contributed by atoms with van der Waals surface area (Å²) in [6, 6.07) is 19.5. The topological polar surface area (TPSA) is 53.8 Å². The van der Waals surface area contributed by atoms with Crippen molar-refractivity contribution in [1.82, 2.24) is 0 Å². The van der Waals surface area contributed by atoms with Crippen molar-refractivity contribution in [1.29, 1.82) is 0 Å². The highest BCUT2D eigenvalue weighted by Gasteiger charge is 2.11. The predicted octanol–water partition coefficient (Wildman–Crippen LogP) is 6.08. The fourth-order valence-electron chi connectivity index (χ4n) is 2.47. The number of hydrogen-bond donors (Lipinski definition) is 1. The third-order valence-corrected chi connectivity index (χ3v) is 3.91. The third-order valence-electron chi connectivity index (χ3n) is 3.91. The van der Waals surface area contributed by atoms with Crippen LogP contribution in [0.1, 0.15) is 12.5 Å². The number of aryl methyl sites for hydroxylation is 1. The Morgan fingerprint density at radius 2 is 1.68 bits per heavy atom. The van der Waals surface area contributed by atoms with Crippen molar-refractivity contribution in [3.05, 3.63) is 78.4 Å². The van der Waals surface area contributed by atoms with Gasteiger partial charge in [0.05, 0.1) is 11.4 Å². The van der Waals surface area contributed by atoms with Gasteiger partial charge < -0.3 is 5.32 Å². The first-order chi connectivity index (χ1) is 12.1. The summed E-state index contributed by atoms with van der Waals surface area (Å²) in [6.45, 7) is 7.34. The van der Waals surface area contributed by atoms with Crippen LogP contribution >= 0.6 is 0 Å². The van der Waals surface area contributed by atoms with E-state index in [-0.39, 0.29) is 5.91 Å². The summed E-state index contributed by atoms with van der Waals surface area (Å²) >= 11 is 0. The van der Waals surface area contributed by atoms with Crippen LogP contribution in [-0.2, 0) is 4.79 Å². The van der Waals surface area contributed by atoms with E-state index in [4.69, 9.17) is 0 Å². The van der Waals surface area contributed by atoms with E-state index in [0.717, 1.165) is 22.0 Å². The molecule has 0 aliphatic rings. The van der Waals surface area contributed by atoms with Gasteiger partial charge in [0.25, 0.3) is 5.91 Å². The van der Waals surface area contributed by atoms with E-state index >= 15 is 0 Å². The molecule has 3 rings (SSSR count). The minimum absolute atomic E-state index is 0.234. The van der Waals surface area contributed by atoms with E-state index in [1.54, 1.807) is 6.92 Å². The predicted molar refractivity (Wildman–Crippen MR) is 103 cm³/mol. The van der Waals surface area contributed by atoms with Crippen LogP contribution in [0.5, 0.6) is 0 Å². The summed E-state index contributed by atoms with van der Waals surface area (Å²) in [7, 11) is 0. The molecule has 0 aliphatic carbocycles. The molecule has 4 nitrogen and oxygen atoms in total. The highest BCUT2D eigenvalue weighted by molar-refractivity contribution is 6.08. The molecule has 0 heterocycles. The first kappa shape index (κ1) is 16.6. The number of azo groups is 1. The van der Waals surface area contributed by atoms with E-state index in [2.05, 4.69) is 22.1 Å². The maximum Gasteiger partial charge on any atom is 0.250 e. The Kier molecular flexibility index (Phi) is 4.70. The van der Waals surface area contributed by atoms with E-state index in [9.17, 15) is 4.79 Å². The second-order valence-electron chi connectivity index (χ2n) is 5.90. The molecule has 0 radical (unpaired) electrons.